The van der Waals surface area contributed by atoms with Crippen LogP contribution >= 0.6 is 39.8 Å². The van der Waals surface area contributed by atoms with Gasteiger partial charge in [0.1, 0.15) is 0 Å². The molecule has 182 valence electrons. The zero-order valence-corrected chi connectivity index (χ0v) is 23.7. The summed E-state index contributed by atoms with van der Waals surface area (Å²) in [6.07, 6.45) is 32.4. The molecular formula is C24H52O2P2S2. The minimum atomic E-state index is -0.139. The van der Waals surface area contributed by atoms with Crippen molar-refractivity contribution in [3.63, 3.8) is 0 Å². The Kier molecular flexibility index (Phi) is 47.6. The molecule has 0 aliphatic heterocycles. The van der Waals surface area contributed by atoms with E-state index in [-0.39, 0.29) is 15.3 Å². The molecule has 0 amide bonds. The van der Waals surface area contributed by atoms with Crippen molar-refractivity contribution in [2.24, 2.45) is 0 Å². The summed E-state index contributed by atoms with van der Waals surface area (Å²) in [5.41, 5.74) is 0. The van der Waals surface area contributed by atoms with E-state index in [2.05, 4.69) is 38.3 Å². The summed E-state index contributed by atoms with van der Waals surface area (Å²) in [6.45, 7) is 4.60. The third-order valence-corrected chi connectivity index (χ3v) is 5.46. The predicted octanol–water partition coefficient (Wildman–Crippen LogP) is 11.9. The van der Waals surface area contributed by atoms with E-state index < -0.39 is 0 Å². The van der Waals surface area contributed by atoms with Gasteiger partial charge < -0.3 is 0 Å². The Hall–Kier alpha value is 0.900. The molecule has 0 saturated heterocycles. The van der Waals surface area contributed by atoms with Crippen molar-refractivity contribution in [3.8, 4) is 0 Å². The lowest BCUT2D eigenvalue weighted by Gasteiger charge is -2.04. The predicted molar refractivity (Wildman–Crippen MR) is 146 cm³/mol. The highest BCUT2D eigenvalue weighted by atomic mass is 32.7. The van der Waals surface area contributed by atoms with Crippen molar-refractivity contribution >= 4 is 39.8 Å². The third kappa shape index (κ3) is 46.9. The molecule has 0 aliphatic rings. The van der Waals surface area contributed by atoms with Gasteiger partial charge in [-0.25, -0.2) is 0 Å². The number of unbranched alkanes of at least 4 members (excludes halogenated alkanes) is 21. The summed E-state index contributed by atoms with van der Waals surface area (Å²) in [6, 6.07) is 0. The highest BCUT2D eigenvalue weighted by molar-refractivity contribution is 8.34. The lowest BCUT2D eigenvalue weighted by molar-refractivity contribution is 0.520. The second kappa shape index (κ2) is 40.3. The van der Waals surface area contributed by atoms with E-state index in [9.17, 15) is 0 Å². The zero-order chi connectivity index (χ0) is 23.0. The smallest absolute Gasteiger partial charge is 0.223 e. The molecule has 0 bridgehead atoms. The maximum absolute atomic E-state index is 8.77. The highest BCUT2D eigenvalue weighted by Crippen LogP contribution is 2.15. The molecule has 0 aromatic carbocycles. The molecular weight excluding hydrogens is 446 g/mol. The van der Waals surface area contributed by atoms with Crippen molar-refractivity contribution < 1.29 is 9.13 Å². The molecule has 0 unspecified atom stereocenters. The molecule has 30 heavy (non-hydrogen) atoms. The molecule has 0 heterocycles. The lowest BCUT2D eigenvalue weighted by atomic mass is 10.0. The summed E-state index contributed by atoms with van der Waals surface area (Å²) >= 11 is 6.41. The Balaban J connectivity index is -0.00000107. The second-order valence-corrected chi connectivity index (χ2v) is 9.54. The van der Waals surface area contributed by atoms with Gasteiger partial charge in [-0.05, 0) is 0 Å². The summed E-state index contributed by atoms with van der Waals surface area (Å²) in [5, 5.41) is 0. The van der Waals surface area contributed by atoms with Crippen LogP contribution in [0.15, 0.2) is 0 Å². The van der Waals surface area contributed by atoms with Gasteiger partial charge in [-0.15, -0.1) is 0 Å². The van der Waals surface area contributed by atoms with Gasteiger partial charge in [0, 0.05) is 0 Å². The third-order valence-electron chi connectivity index (χ3n) is 5.46. The van der Waals surface area contributed by atoms with E-state index in [1.54, 1.807) is 0 Å². The minimum absolute atomic E-state index is 0.139. The van der Waals surface area contributed by atoms with Crippen LogP contribution in [0.4, 0.5) is 0 Å². The quantitative estimate of drug-likeness (QED) is 0.0937. The zero-order valence-electron chi connectivity index (χ0n) is 20.2. The number of thiol groups is 2. The first kappa shape index (κ1) is 35.5. The summed E-state index contributed by atoms with van der Waals surface area (Å²) < 4.78 is 17.5. The van der Waals surface area contributed by atoms with Crippen LogP contribution in [0.25, 0.3) is 0 Å². The average Bonchev–Trinajstić information content (AvgIpc) is 2.73. The van der Waals surface area contributed by atoms with Crippen LogP contribution in [0, 0.1) is 0 Å². The van der Waals surface area contributed by atoms with E-state index in [1.165, 1.54) is 141 Å². The maximum atomic E-state index is 8.77. The molecule has 0 fully saturated rings. The van der Waals surface area contributed by atoms with Gasteiger partial charge in [0.2, 0.25) is 15.3 Å². The van der Waals surface area contributed by atoms with Gasteiger partial charge in [0.25, 0.3) is 0 Å². The average molecular weight is 499 g/mol. The van der Waals surface area contributed by atoms with Crippen LogP contribution in [-0.2, 0) is 9.13 Å². The van der Waals surface area contributed by atoms with E-state index in [0.29, 0.717) is 0 Å². The molecule has 0 radical (unpaired) electrons. The van der Waals surface area contributed by atoms with Crippen LogP contribution in [-0.4, -0.2) is 0 Å². The van der Waals surface area contributed by atoms with Gasteiger partial charge in [0.15, 0.2) is 0 Å². The van der Waals surface area contributed by atoms with Gasteiger partial charge in [-0.2, -0.15) is 0 Å². The van der Waals surface area contributed by atoms with Crippen LogP contribution in [0.5, 0.6) is 0 Å². The number of rotatable bonds is 21. The first-order chi connectivity index (χ1) is 14.7. The lowest BCUT2D eigenvalue weighted by Crippen LogP contribution is -1.84. The molecule has 0 spiro atoms. The van der Waals surface area contributed by atoms with Crippen LogP contribution in [0.2, 0.25) is 0 Å². The Morgan fingerprint density at radius 1 is 0.367 bits per heavy atom. The molecule has 0 saturated carbocycles. The molecule has 0 aromatic heterocycles. The van der Waals surface area contributed by atoms with Crippen molar-refractivity contribution in [1.29, 1.82) is 0 Å². The van der Waals surface area contributed by atoms with Crippen LogP contribution in [0.1, 0.15) is 155 Å². The van der Waals surface area contributed by atoms with Crippen molar-refractivity contribution in [2.45, 2.75) is 155 Å². The van der Waals surface area contributed by atoms with E-state index in [4.69, 9.17) is 9.13 Å². The Morgan fingerprint density at radius 3 is 0.567 bits per heavy atom. The summed E-state index contributed by atoms with van der Waals surface area (Å²) in [5.74, 6) is 0. The normalized spacial score (nSPS) is 10.4. The van der Waals surface area contributed by atoms with Crippen molar-refractivity contribution in [3.05, 3.63) is 0 Å². The molecule has 0 atom stereocenters. The monoisotopic (exact) mass is 498 g/mol. The topological polar surface area (TPSA) is 34.1 Å². The maximum Gasteiger partial charge on any atom is 0.223 e. The van der Waals surface area contributed by atoms with Gasteiger partial charge in [-0.3, -0.25) is 9.13 Å². The molecule has 6 heteroatoms. The number of hydrogen-bond acceptors (Lipinski definition) is 2. The second-order valence-electron chi connectivity index (χ2n) is 8.23. The molecule has 0 aromatic rings. The molecule has 0 rings (SSSR count). The minimum Gasteiger partial charge on any atom is -0.262 e. The van der Waals surface area contributed by atoms with E-state index >= 15 is 0 Å². The molecule has 0 aliphatic carbocycles. The summed E-state index contributed by atoms with van der Waals surface area (Å²) in [4.78, 5) is 0. The van der Waals surface area contributed by atoms with Crippen molar-refractivity contribution in [2.75, 3.05) is 0 Å². The Bertz CT molecular complexity index is 268. The van der Waals surface area contributed by atoms with Gasteiger partial charge in [-0.1, -0.05) is 180 Å². The Morgan fingerprint density at radius 2 is 0.467 bits per heavy atom. The fraction of sp³-hybridized carbons (Fsp3) is 1.00. The van der Waals surface area contributed by atoms with Crippen LogP contribution in [0.3, 0.4) is 0 Å². The SMILES string of the molecule is CCCCCCCCCCCCCCCCCCCCCCCC.O=PS.O=PS. The summed E-state index contributed by atoms with van der Waals surface area (Å²) in [7, 11) is -0.278. The fourth-order valence-electron chi connectivity index (χ4n) is 3.68. The fourth-order valence-corrected chi connectivity index (χ4v) is 3.68. The van der Waals surface area contributed by atoms with Gasteiger partial charge in [0.05, 0.1) is 0 Å². The first-order valence-electron chi connectivity index (χ1n) is 12.7. The molecule has 2 nitrogen and oxygen atoms in total. The highest BCUT2D eigenvalue weighted by Gasteiger charge is 1.95. The van der Waals surface area contributed by atoms with Crippen LogP contribution < -0.4 is 0 Å². The standard InChI is InChI=1S/C24H50.2HOPS/c1-3-5-7-9-11-13-15-17-19-21-23-24-22-20-18-16-14-12-10-8-6-4-2;2*1-2-3/h3-24H2,1-2H3;2*(H,1,3). The van der Waals surface area contributed by atoms with E-state index in [0.717, 1.165) is 0 Å². The first-order valence-corrected chi connectivity index (χ1v) is 16.6. The number of hydrogen-bond donors (Lipinski definition) is 2. The Labute approximate surface area is 203 Å². The van der Waals surface area contributed by atoms with E-state index in [1.807, 2.05) is 0 Å². The van der Waals surface area contributed by atoms with Crippen molar-refractivity contribution in [1.82, 2.24) is 0 Å². The largest absolute Gasteiger partial charge is 0.262 e. The van der Waals surface area contributed by atoms with Gasteiger partial charge >= 0.3 is 0 Å². The molecule has 0 N–H and O–H groups in total.